The molecule has 0 aromatic heterocycles. The van der Waals surface area contributed by atoms with Crippen molar-refractivity contribution in [1.29, 1.82) is 0 Å². The second kappa shape index (κ2) is 8.46. The van der Waals surface area contributed by atoms with Gasteiger partial charge in [-0.2, -0.15) is 16.8 Å². The minimum absolute atomic E-state index is 0.121. The molecule has 6 aliphatic heterocycles. The average Bonchev–Trinajstić information content (AvgIpc) is 3.55. The van der Waals surface area contributed by atoms with Gasteiger partial charge in [0.2, 0.25) is 0 Å². The molecule has 0 N–H and O–H groups in total. The summed E-state index contributed by atoms with van der Waals surface area (Å²) in [4.78, 5) is 24.3. The second-order valence-corrected chi connectivity index (χ2v) is 15.3. The zero-order chi connectivity index (χ0) is 23.8. The van der Waals surface area contributed by atoms with Gasteiger partial charge in [0.05, 0.1) is 25.0 Å². The summed E-state index contributed by atoms with van der Waals surface area (Å²) in [5.41, 5.74) is 0. The van der Waals surface area contributed by atoms with E-state index in [0.29, 0.717) is 11.5 Å². The molecule has 190 valence electrons. The summed E-state index contributed by atoms with van der Waals surface area (Å²) < 4.78 is 79.8. The third-order valence-corrected chi connectivity index (χ3v) is 12.8. The number of hydrogen-bond acceptors (Lipinski definition) is 14. The number of esters is 2. The molecule has 10 unspecified atom stereocenters. The molecule has 0 spiro atoms. The molecule has 0 aromatic rings. The van der Waals surface area contributed by atoms with E-state index in [0.717, 1.165) is 0 Å². The number of hydrogen-bond donors (Lipinski definition) is 0. The van der Waals surface area contributed by atoms with Crippen LogP contribution in [0, 0.1) is 0 Å². The maximum absolute atomic E-state index is 12.2. The molecule has 0 aromatic carbocycles. The zero-order valence-electron chi connectivity index (χ0n) is 17.5. The number of fused-ring (bicyclic) bond motifs is 2. The maximum Gasteiger partial charge on any atom is 0.307 e. The molecule has 6 heterocycles. The van der Waals surface area contributed by atoms with Gasteiger partial charge in [-0.05, 0) is 12.8 Å². The molecule has 6 rings (SSSR count). The van der Waals surface area contributed by atoms with Crippen molar-refractivity contribution in [3.63, 3.8) is 0 Å². The number of ether oxygens (including phenoxy) is 4. The van der Waals surface area contributed by atoms with E-state index >= 15 is 0 Å². The number of rotatable bonds is 9. The normalized spacial score (nSPS) is 45.6. The molecule has 4 bridgehead atoms. The molecule has 6 aliphatic rings. The summed E-state index contributed by atoms with van der Waals surface area (Å²) in [6, 6.07) is 0. The van der Waals surface area contributed by atoms with E-state index in [-0.39, 0.29) is 25.7 Å². The van der Waals surface area contributed by atoms with Crippen LogP contribution in [0.1, 0.15) is 25.7 Å². The standard InChI is InChI=1S/C18H22O12S4/c19-11(27-13-7-5-9-15(25-7)17(13)29-33(9,21)22)1-3-31-32-4-2-12(20)28-14-8-6-10-16(26-8)18(14)30-34(10,23)24/h7-10,13-18H,1-6H2. The smallest absolute Gasteiger partial charge is 0.307 e. The van der Waals surface area contributed by atoms with Gasteiger partial charge in [0.1, 0.15) is 34.9 Å². The number of carbonyl (C=O) groups is 2. The lowest BCUT2D eigenvalue weighted by molar-refractivity contribution is -0.154. The van der Waals surface area contributed by atoms with E-state index in [1.54, 1.807) is 0 Å². The van der Waals surface area contributed by atoms with Gasteiger partial charge in [-0.25, -0.2) is 0 Å². The summed E-state index contributed by atoms with van der Waals surface area (Å²) in [7, 11) is -4.51. The van der Waals surface area contributed by atoms with Crippen molar-refractivity contribution in [2.75, 3.05) is 11.5 Å². The maximum atomic E-state index is 12.2. The van der Waals surface area contributed by atoms with Crippen molar-refractivity contribution in [1.82, 2.24) is 0 Å². The predicted octanol–water partition coefficient (Wildman–Crippen LogP) is -0.492. The Morgan fingerprint density at radius 3 is 1.53 bits per heavy atom. The third kappa shape index (κ3) is 3.88. The molecule has 34 heavy (non-hydrogen) atoms. The SMILES string of the molecule is O=C(CCSSCCC(=O)OC1C2CC3C(O2)C1OS3(=O)=O)OC1C2CC3C(O2)C1OS3(=O)=O. The van der Waals surface area contributed by atoms with E-state index in [4.69, 9.17) is 27.3 Å². The molecule has 0 aliphatic carbocycles. The fraction of sp³-hybridized carbons (Fsp3) is 0.889. The van der Waals surface area contributed by atoms with Crippen molar-refractivity contribution in [2.24, 2.45) is 0 Å². The Kier molecular flexibility index (Phi) is 5.91. The van der Waals surface area contributed by atoms with E-state index in [9.17, 15) is 26.4 Å². The first-order chi connectivity index (χ1) is 16.1. The van der Waals surface area contributed by atoms with Gasteiger partial charge in [0.25, 0.3) is 20.2 Å². The first-order valence-corrected chi connectivity index (χ1v) is 16.4. The summed E-state index contributed by atoms with van der Waals surface area (Å²) >= 11 is 0. The van der Waals surface area contributed by atoms with Crippen molar-refractivity contribution >= 4 is 53.8 Å². The lowest BCUT2D eigenvalue weighted by Crippen LogP contribution is -2.41. The molecule has 0 radical (unpaired) electrons. The van der Waals surface area contributed by atoms with Gasteiger partial charge in [0, 0.05) is 11.5 Å². The van der Waals surface area contributed by atoms with Gasteiger partial charge in [-0.1, -0.05) is 21.6 Å². The van der Waals surface area contributed by atoms with Crippen molar-refractivity contribution in [3.05, 3.63) is 0 Å². The molecule has 0 saturated carbocycles. The van der Waals surface area contributed by atoms with E-state index in [1.807, 2.05) is 0 Å². The summed E-state index contributed by atoms with van der Waals surface area (Å²) in [6.07, 6.45) is -4.15. The van der Waals surface area contributed by atoms with Crippen molar-refractivity contribution in [3.8, 4) is 0 Å². The Hall–Kier alpha value is -0.620. The van der Waals surface area contributed by atoms with Crippen LogP contribution in [0.5, 0.6) is 0 Å². The van der Waals surface area contributed by atoms with Crippen LogP contribution in [0.25, 0.3) is 0 Å². The van der Waals surface area contributed by atoms with Crippen LogP contribution in [0.4, 0.5) is 0 Å². The van der Waals surface area contributed by atoms with Crippen LogP contribution in [-0.4, -0.2) is 99.6 Å². The topological polar surface area (TPSA) is 158 Å². The van der Waals surface area contributed by atoms with Crippen LogP contribution < -0.4 is 0 Å². The summed E-state index contributed by atoms with van der Waals surface area (Å²) in [5.74, 6) is -0.0252. The van der Waals surface area contributed by atoms with Crippen LogP contribution in [0.3, 0.4) is 0 Å². The monoisotopic (exact) mass is 558 g/mol. The first kappa shape index (κ1) is 23.8. The molecular formula is C18H22O12S4. The van der Waals surface area contributed by atoms with Gasteiger partial charge in [-0.15, -0.1) is 0 Å². The quantitative estimate of drug-likeness (QED) is 0.154. The average molecular weight is 559 g/mol. The van der Waals surface area contributed by atoms with Gasteiger partial charge >= 0.3 is 11.9 Å². The molecule has 12 nitrogen and oxygen atoms in total. The van der Waals surface area contributed by atoms with Gasteiger partial charge in [-0.3, -0.25) is 18.0 Å². The Labute approximate surface area is 203 Å². The lowest BCUT2D eigenvalue weighted by atomic mass is 9.94. The summed E-state index contributed by atoms with van der Waals surface area (Å²) in [6.45, 7) is 0. The van der Waals surface area contributed by atoms with Crippen LogP contribution in [0.15, 0.2) is 0 Å². The predicted molar refractivity (Wildman–Crippen MR) is 116 cm³/mol. The van der Waals surface area contributed by atoms with E-state index < -0.39 is 91.5 Å². The fourth-order valence-electron chi connectivity index (χ4n) is 5.53. The Morgan fingerprint density at radius 2 is 1.12 bits per heavy atom. The van der Waals surface area contributed by atoms with Crippen LogP contribution in [-0.2, 0) is 57.1 Å². The highest BCUT2D eigenvalue weighted by molar-refractivity contribution is 8.76. The molecule has 0 amide bonds. The first-order valence-electron chi connectivity index (χ1n) is 10.9. The lowest BCUT2D eigenvalue weighted by Gasteiger charge is -2.22. The van der Waals surface area contributed by atoms with Crippen molar-refractivity contribution < 1.29 is 53.7 Å². The number of carbonyl (C=O) groups excluding carboxylic acids is 2. The highest BCUT2D eigenvalue weighted by atomic mass is 33.1. The Balaban J connectivity index is 0.868. The highest BCUT2D eigenvalue weighted by Crippen LogP contribution is 2.49. The minimum Gasteiger partial charge on any atom is -0.457 e. The molecule has 16 heteroatoms. The van der Waals surface area contributed by atoms with E-state index in [1.165, 1.54) is 21.6 Å². The Morgan fingerprint density at radius 1 is 0.706 bits per heavy atom. The van der Waals surface area contributed by atoms with Crippen molar-refractivity contribution in [2.45, 2.75) is 85.0 Å². The van der Waals surface area contributed by atoms with Gasteiger partial charge < -0.3 is 18.9 Å². The second-order valence-electron chi connectivity index (χ2n) is 8.99. The van der Waals surface area contributed by atoms with E-state index in [2.05, 4.69) is 0 Å². The highest BCUT2D eigenvalue weighted by Gasteiger charge is 2.68. The molecule has 6 fully saturated rings. The summed E-state index contributed by atoms with van der Waals surface area (Å²) in [5, 5.41) is -1.33. The largest absolute Gasteiger partial charge is 0.457 e. The minimum atomic E-state index is -3.65. The Bertz CT molecular complexity index is 1010. The van der Waals surface area contributed by atoms with Crippen LogP contribution in [0.2, 0.25) is 0 Å². The molecular weight excluding hydrogens is 536 g/mol. The fourth-order valence-corrected chi connectivity index (χ4v) is 10.8. The van der Waals surface area contributed by atoms with Crippen LogP contribution >= 0.6 is 21.6 Å². The third-order valence-electron chi connectivity index (χ3n) is 6.98. The molecule has 10 atom stereocenters. The molecule has 6 saturated heterocycles. The zero-order valence-corrected chi connectivity index (χ0v) is 20.8. The van der Waals surface area contributed by atoms with Gasteiger partial charge in [0.15, 0.2) is 12.2 Å².